The van der Waals surface area contributed by atoms with Crippen molar-refractivity contribution < 1.29 is 9.50 Å². The molecule has 0 aromatic heterocycles. The molecule has 0 atom stereocenters. The molecule has 0 aliphatic carbocycles. The quantitative estimate of drug-likeness (QED) is 0.882. The van der Waals surface area contributed by atoms with Crippen LogP contribution >= 0.6 is 11.6 Å². The van der Waals surface area contributed by atoms with Gasteiger partial charge in [0, 0.05) is 12.1 Å². The Bertz CT molecular complexity index is 368. The number of hydrogen-bond donors (Lipinski definition) is 1. The van der Waals surface area contributed by atoms with Crippen molar-refractivity contribution in [1.82, 2.24) is 4.90 Å². The third kappa shape index (κ3) is 3.17. The van der Waals surface area contributed by atoms with Crippen LogP contribution < -0.4 is 0 Å². The van der Waals surface area contributed by atoms with E-state index in [1.165, 1.54) is 6.07 Å². The Balaban J connectivity index is 2.77. The molecule has 0 bridgehead atoms. The maximum absolute atomic E-state index is 13.2. The van der Waals surface area contributed by atoms with Crippen LogP contribution in [0.4, 0.5) is 4.39 Å². The molecule has 1 N–H and O–H groups in total. The first kappa shape index (κ1) is 13.4. The average molecular weight is 246 g/mol. The van der Waals surface area contributed by atoms with Crippen molar-refractivity contribution in [2.75, 3.05) is 13.7 Å². The summed E-state index contributed by atoms with van der Waals surface area (Å²) in [5, 5.41) is 9.34. The molecule has 0 aliphatic heterocycles. The summed E-state index contributed by atoms with van der Waals surface area (Å²) in [5.74, 6) is -0.408. The van der Waals surface area contributed by atoms with E-state index >= 15 is 0 Å². The van der Waals surface area contributed by atoms with Gasteiger partial charge in [0.1, 0.15) is 5.82 Å². The van der Waals surface area contributed by atoms with Crippen molar-refractivity contribution in [1.29, 1.82) is 0 Å². The van der Waals surface area contributed by atoms with E-state index in [0.717, 1.165) is 5.56 Å². The van der Waals surface area contributed by atoms with Gasteiger partial charge >= 0.3 is 0 Å². The van der Waals surface area contributed by atoms with Gasteiger partial charge in [0.2, 0.25) is 0 Å². The third-order valence-corrected chi connectivity index (χ3v) is 3.13. The molecule has 4 heteroatoms. The van der Waals surface area contributed by atoms with Crippen LogP contribution in [0.5, 0.6) is 0 Å². The van der Waals surface area contributed by atoms with E-state index < -0.39 is 5.82 Å². The maximum Gasteiger partial charge on any atom is 0.142 e. The lowest BCUT2D eigenvalue weighted by Gasteiger charge is -2.33. The highest BCUT2D eigenvalue weighted by molar-refractivity contribution is 6.30. The monoisotopic (exact) mass is 245 g/mol. The van der Waals surface area contributed by atoms with E-state index in [-0.39, 0.29) is 17.2 Å². The number of nitrogens with zero attached hydrogens (tertiary/aromatic N) is 1. The zero-order valence-corrected chi connectivity index (χ0v) is 10.6. The number of aliphatic hydroxyl groups excluding tert-OH is 1. The summed E-state index contributed by atoms with van der Waals surface area (Å²) in [6, 6.07) is 4.76. The Morgan fingerprint density at radius 1 is 1.44 bits per heavy atom. The summed E-state index contributed by atoms with van der Waals surface area (Å²) in [6.07, 6.45) is 0. The van der Waals surface area contributed by atoms with Crippen LogP contribution in [0.2, 0.25) is 5.02 Å². The van der Waals surface area contributed by atoms with Gasteiger partial charge in [-0.3, -0.25) is 4.90 Å². The summed E-state index contributed by atoms with van der Waals surface area (Å²) in [6.45, 7) is 4.49. The van der Waals surface area contributed by atoms with Crippen molar-refractivity contribution >= 4 is 11.6 Å². The highest BCUT2D eigenvalue weighted by Crippen LogP contribution is 2.19. The lowest BCUT2D eigenvalue weighted by Crippen LogP contribution is -2.43. The Kier molecular flexibility index (Phi) is 4.30. The molecule has 0 spiro atoms. The van der Waals surface area contributed by atoms with Crippen molar-refractivity contribution in [3.05, 3.63) is 34.6 Å². The molecule has 0 fully saturated rings. The molecule has 0 radical (unpaired) electrons. The van der Waals surface area contributed by atoms with Crippen molar-refractivity contribution in [3.63, 3.8) is 0 Å². The molecule has 0 aliphatic rings. The van der Waals surface area contributed by atoms with Gasteiger partial charge in [0.15, 0.2) is 0 Å². The first-order chi connectivity index (χ1) is 7.36. The minimum atomic E-state index is -0.408. The molecule has 0 saturated carbocycles. The number of aliphatic hydroxyl groups is 1. The van der Waals surface area contributed by atoms with Gasteiger partial charge < -0.3 is 5.11 Å². The average Bonchev–Trinajstić information content (AvgIpc) is 2.23. The van der Waals surface area contributed by atoms with E-state index in [0.29, 0.717) is 6.54 Å². The smallest absolute Gasteiger partial charge is 0.142 e. The van der Waals surface area contributed by atoms with Gasteiger partial charge in [-0.1, -0.05) is 17.7 Å². The summed E-state index contributed by atoms with van der Waals surface area (Å²) < 4.78 is 13.2. The van der Waals surface area contributed by atoms with Gasteiger partial charge in [-0.15, -0.1) is 0 Å². The molecule has 90 valence electrons. The molecule has 0 unspecified atom stereocenters. The fourth-order valence-corrected chi connectivity index (χ4v) is 1.36. The normalized spacial score (nSPS) is 12.2. The molecular weight excluding hydrogens is 229 g/mol. The minimum Gasteiger partial charge on any atom is -0.394 e. The number of hydrogen-bond acceptors (Lipinski definition) is 2. The molecule has 0 saturated heterocycles. The third-order valence-electron chi connectivity index (χ3n) is 2.82. The fourth-order valence-electron chi connectivity index (χ4n) is 1.25. The van der Waals surface area contributed by atoms with Crippen LogP contribution in [-0.4, -0.2) is 29.2 Å². The number of likely N-dealkylation sites (N-methyl/N-ethyl adjacent to an activating group) is 1. The number of benzene rings is 1. The van der Waals surface area contributed by atoms with Crippen LogP contribution in [0.3, 0.4) is 0 Å². The molecule has 1 rings (SSSR count). The Morgan fingerprint density at radius 3 is 2.56 bits per heavy atom. The van der Waals surface area contributed by atoms with Crippen LogP contribution in [0.1, 0.15) is 19.4 Å². The van der Waals surface area contributed by atoms with Crippen molar-refractivity contribution in [2.45, 2.75) is 25.9 Å². The Morgan fingerprint density at radius 2 is 2.06 bits per heavy atom. The van der Waals surface area contributed by atoms with Crippen LogP contribution in [0, 0.1) is 5.82 Å². The molecule has 0 amide bonds. The molecular formula is C12H17ClFNO. The standard InChI is InChI=1S/C12H17ClFNO/c1-12(2,8-16)15(3)7-9-4-5-10(13)11(14)6-9/h4-6,16H,7-8H2,1-3H3. The minimum absolute atomic E-state index is 0.0551. The van der Waals surface area contributed by atoms with Gasteiger partial charge in [0.25, 0.3) is 0 Å². The van der Waals surface area contributed by atoms with E-state index in [2.05, 4.69) is 0 Å². The highest BCUT2D eigenvalue weighted by atomic mass is 35.5. The second kappa shape index (κ2) is 5.13. The number of rotatable bonds is 4. The van der Waals surface area contributed by atoms with Crippen LogP contribution in [0.25, 0.3) is 0 Å². The fraction of sp³-hybridized carbons (Fsp3) is 0.500. The first-order valence-electron chi connectivity index (χ1n) is 5.13. The van der Waals surface area contributed by atoms with Crippen molar-refractivity contribution in [2.24, 2.45) is 0 Å². The maximum atomic E-state index is 13.2. The molecule has 1 aromatic carbocycles. The molecule has 16 heavy (non-hydrogen) atoms. The van der Waals surface area contributed by atoms with Crippen molar-refractivity contribution in [3.8, 4) is 0 Å². The van der Waals surface area contributed by atoms with Gasteiger partial charge in [-0.2, -0.15) is 0 Å². The summed E-state index contributed by atoms with van der Waals surface area (Å²) in [7, 11) is 1.89. The predicted molar refractivity (Wildman–Crippen MR) is 64.0 cm³/mol. The van der Waals surface area contributed by atoms with E-state index in [4.69, 9.17) is 11.6 Å². The zero-order valence-electron chi connectivity index (χ0n) is 9.80. The molecule has 2 nitrogen and oxygen atoms in total. The Hall–Kier alpha value is -0.640. The lowest BCUT2D eigenvalue weighted by molar-refractivity contribution is 0.0733. The van der Waals surface area contributed by atoms with Gasteiger partial charge in [0.05, 0.1) is 11.6 Å². The zero-order chi connectivity index (χ0) is 12.3. The van der Waals surface area contributed by atoms with E-state index in [1.807, 2.05) is 25.8 Å². The molecule has 0 heterocycles. The topological polar surface area (TPSA) is 23.5 Å². The summed E-state index contributed by atoms with van der Waals surface area (Å²) >= 11 is 5.61. The second-order valence-electron chi connectivity index (χ2n) is 4.58. The predicted octanol–water partition coefficient (Wildman–Crippen LogP) is 2.68. The Labute approximate surface area is 101 Å². The molecule has 1 aromatic rings. The van der Waals surface area contributed by atoms with E-state index in [1.54, 1.807) is 12.1 Å². The highest BCUT2D eigenvalue weighted by Gasteiger charge is 2.22. The van der Waals surface area contributed by atoms with E-state index in [9.17, 15) is 9.50 Å². The lowest BCUT2D eigenvalue weighted by atomic mass is 10.0. The summed E-state index contributed by atoms with van der Waals surface area (Å²) in [5.41, 5.74) is 0.516. The first-order valence-corrected chi connectivity index (χ1v) is 5.50. The summed E-state index contributed by atoms with van der Waals surface area (Å²) in [4.78, 5) is 1.97. The SMILES string of the molecule is CN(Cc1ccc(Cl)c(F)c1)C(C)(C)CO. The second-order valence-corrected chi connectivity index (χ2v) is 4.98. The van der Waals surface area contributed by atoms with Crippen LogP contribution in [-0.2, 0) is 6.54 Å². The largest absolute Gasteiger partial charge is 0.394 e. The van der Waals surface area contributed by atoms with Gasteiger partial charge in [-0.05, 0) is 38.6 Å². The number of halogens is 2. The van der Waals surface area contributed by atoms with Gasteiger partial charge in [-0.25, -0.2) is 4.39 Å². The van der Waals surface area contributed by atoms with Crippen LogP contribution in [0.15, 0.2) is 18.2 Å².